The number of amides is 2. The minimum absolute atomic E-state index is 0.0255. The topological polar surface area (TPSA) is 72.3 Å². The number of nitrogens with zero attached hydrogens (tertiary/aromatic N) is 4. The van der Waals surface area contributed by atoms with Gasteiger partial charge in [-0.2, -0.15) is 0 Å². The van der Waals surface area contributed by atoms with E-state index in [1.54, 1.807) is 7.11 Å². The number of carbonyl (C=O) groups excluding carboxylic acids is 1. The Labute approximate surface area is 147 Å². The SMILES string of the molecule is COc1ccc(CNC(=O)N2CCc3nnc(C4CC4)n3CC2)cc1. The third-order valence-corrected chi connectivity index (χ3v) is 4.89. The Morgan fingerprint density at radius 2 is 2.00 bits per heavy atom. The average Bonchev–Trinajstić information content (AvgIpc) is 3.45. The molecule has 1 aliphatic carbocycles. The summed E-state index contributed by atoms with van der Waals surface area (Å²) in [5.74, 6) is 3.51. The van der Waals surface area contributed by atoms with Crippen molar-refractivity contribution >= 4 is 6.03 Å². The van der Waals surface area contributed by atoms with Crippen molar-refractivity contribution in [2.45, 2.75) is 38.3 Å². The Bertz CT molecular complexity index is 751. The highest BCUT2D eigenvalue weighted by molar-refractivity contribution is 5.74. The predicted molar refractivity (Wildman–Crippen MR) is 92.5 cm³/mol. The van der Waals surface area contributed by atoms with Gasteiger partial charge in [0.25, 0.3) is 0 Å². The highest BCUT2D eigenvalue weighted by Gasteiger charge is 2.31. The number of fused-ring (bicyclic) bond motifs is 1. The van der Waals surface area contributed by atoms with E-state index < -0.39 is 0 Å². The lowest BCUT2D eigenvalue weighted by Crippen LogP contribution is -2.41. The van der Waals surface area contributed by atoms with Crippen LogP contribution in [0.4, 0.5) is 4.79 Å². The molecular weight excluding hydrogens is 318 g/mol. The lowest BCUT2D eigenvalue weighted by atomic mass is 10.2. The molecular formula is C18H23N5O2. The maximum atomic E-state index is 12.5. The molecule has 2 aromatic rings. The number of nitrogens with one attached hydrogen (secondary N) is 1. The van der Waals surface area contributed by atoms with Gasteiger partial charge < -0.3 is 19.5 Å². The second-order valence-electron chi connectivity index (χ2n) is 6.64. The zero-order valence-electron chi connectivity index (χ0n) is 14.4. The third-order valence-electron chi connectivity index (χ3n) is 4.89. The van der Waals surface area contributed by atoms with Gasteiger partial charge in [-0.25, -0.2) is 4.79 Å². The summed E-state index contributed by atoms with van der Waals surface area (Å²) in [6, 6.07) is 7.70. The standard InChI is InChI=1S/C18H23N5O2/c1-25-15-6-2-13(3-7-15)12-19-18(24)22-9-8-16-20-21-17(14-4-5-14)23(16)11-10-22/h2-3,6-7,14H,4-5,8-12H2,1H3,(H,19,24). The van der Waals surface area contributed by atoms with E-state index in [-0.39, 0.29) is 6.03 Å². The quantitative estimate of drug-likeness (QED) is 0.922. The molecule has 1 aromatic heterocycles. The molecule has 1 fully saturated rings. The van der Waals surface area contributed by atoms with Gasteiger partial charge in [-0.1, -0.05) is 12.1 Å². The molecule has 1 saturated carbocycles. The van der Waals surface area contributed by atoms with E-state index in [0.29, 0.717) is 25.6 Å². The first kappa shape index (κ1) is 15.9. The van der Waals surface area contributed by atoms with Crippen molar-refractivity contribution < 1.29 is 9.53 Å². The van der Waals surface area contributed by atoms with Gasteiger partial charge in [-0.05, 0) is 30.5 Å². The first-order valence-corrected chi connectivity index (χ1v) is 8.82. The Balaban J connectivity index is 1.33. The fraction of sp³-hybridized carbons (Fsp3) is 0.500. The number of carbonyl (C=O) groups is 1. The van der Waals surface area contributed by atoms with Crippen LogP contribution in [0, 0.1) is 0 Å². The van der Waals surface area contributed by atoms with Crippen molar-refractivity contribution in [3.63, 3.8) is 0 Å². The lowest BCUT2D eigenvalue weighted by molar-refractivity contribution is 0.198. The fourth-order valence-corrected chi connectivity index (χ4v) is 3.22. The van der Waals surface area contributed by atoms with E-state index in [1.807, 2.05) is 29.2 Å². The zero-order valence-corrected chi connectivity index (χ0v) is 14.4. The summed E-state index contributed by atoms with van der Waals surface area (Å²) in [5.41, 5.74) is 1.05. The Morgan fingerprint density at radius 3 is 2.72 bits per heavy atom. The summed E-state index contributed by atoms with van der Waals surface area (Å²) >= 11 is 0. The van der Waals surface area contributed by atoms with Gasteiger partial charge in [0.2, 0.25) is 0 Å². The molecule has 1 N–H and O–H groups in total. The molecule has 7 heteroatoms. The normalized spacial score (nSPS) is 16.9. The number of benzene rings is 1. The molecule has 2 heterocycles. The maximum Gasteiger partial charge on any atom is 0.317 e. The second kappa shape index (κ2) is 6.74. The van der Waals surface area contributed by atoms with E-state index in [2.05, 4.69) is 20.1 Å². The second-order valence-corrected chi connectivity index (χ2v) is 6.64. The zero-order chi connectivity index (χ0) is 17.2. The summed E-state index contributed by atoms with van der Waals surface area (Å²) < 4.78 is 7.37. The number of ether oxygens (including phenoxy) is 1. The van der Waals surface area contributed by atoms with Crippen molar-refractivity contribution in [1.82, 2.24) is 25.0 Å². The molecule has 1 aliphatic heterocycles. The Morgan fingerprint density at radius 1 is 1.20 bits per heavy atom. The maximum absolute atomic E-state index is 12.5. The number of hydrogen-bond acceptors (Lipinski definition) is 4. The first-order valence-electron chi connectivity index (χ1n) is 8.82. The third kappa shape index (κ3) is 3.45. The molecule has 0 saturated heterocycles. The van der Waals surface area contributed by atoms with E-state index in [9.17, 15) is 4.79 Å². The van der Waals surface area contributed by atoms with Gasteiger partial charge in [0, 0.05) is 38.5 Å². The predicted octanol–water partition coefficient (Wildman–Crippen LogP) is 1.93. The molecule has 0 unspecified atom stereocenters. The van der Waals surface area contributed by atoms with Crippen LogP contribution in [0.15, 0.2) is 24.3 Å². The minimum atomic E-state index is -0.0255. The van der Waals surface area contributed by atoms with E-state index in [0.717, 1.165) is 35.9 Å². The molecule has 7 nitrogen and oxygen atoms in total. The Hall–Kier alpha value is -2.57. The van der Waals surface area contributed by atoms with Crippen LogP contribution in [0.2, 0.25) is 0 Å². The number of methoxy groups -OCH3 is 1. The fourth-order valence-electron chi connectivity index (χ4n) is 3.22. The highest BCUT2D eigenvalue weighted by Crippen LogP contribution is 2.39. The highest BCUT2D eigenvalue weighted by atomic mass is 16.5. The summed E-state index contributed by atoms with van der Waals surface area (Å²) in [5, 5.41) is 11.7. The Kier molecular flexibility index (Phi) is 4.29. The van der Waals surface area contributed by atoms with Crippen molar-refractivity contribution in [1.29, 1.82) is 0 Å². The van der Waals surface area contributed by atoms with Crippen LogP contribution in [0.5, 0.6) is 5.75 Å². The van der Waals surface area contributed by atoms with Crippen molar-refractivity contribution in [2.75, 3.05) is 20.2 Å². The first-order chi connectivity index (χ1) is 12.2. The summed E-state index contributed by atoms with van der Waals surface area (Å²) in [7, 11) is 1.64. The molecule has 0 spiro atoms. The molecule has 4 rings (SSSR count). The van der Waals surface area contributed by atoms with Gasteiger partial charge in [-0.3, -0.25) is 0 Å². The molecule has 2 aliphatic rings. The van der Waals surface area contributed by atoms with Crippen LogP contribution < -0.4 is 10.1 Å². The molecule has 25 heavy (non-hydrogen) atoms. The average molecular weight is 341 g/mol. The molecule has 0 bridgehead atoms. The van der Waals surface area contributed by atoms with E-state index in [4.69, 9.17) is 4.74 Å². The van der Waals surface area contributed by atoms with Crippen molar-refractivity contribution in [3.05, 3.63) is 41.5 Å². The number of rotatable bonds is 4. The lowest BCUT2D eigenvalue weighted by Gasteiger charge is -2.20. The smallest absolute Gasteiger partial charge is 0.317 e. The largest absolute Gasteiger partial charge is 0.497 e. The van der Waals surface area contributed by atoms with E-state index >= 15 is 0 Å². The van der Waals surface area contributed by atoms with Gasteiger partial charge in [0.1, 0.15) is 17.4 Å². The van der Waals surface area contributed by atoms with Gasteiger partial charge in [-0.15, -0.1) is 10.2 Å². The number of urea groups is 1. The van der Waals surface area contributed by atoms with Gasteiger partial charge in [0.15, 0.2) is 0 Å². The molecule has 132 valence electrons. The molecule has 2 amide bonds. The monoisotopic (exact) mass is 341 g/mol. The van der Waals surface area contributed by atoms with Crippen molar-refractivity contribution in [2.24, 2.45) is 0 Å². The van der Waals surface area contributed by atoms with Gasteiger partial charge in [0.05, 0.1) is 7.11 Å². The summed E-state index contributed by atoms with van der Waals surface area (Å²) in [6.45, 7) is 2.67. The van der Waals surface area contributed by atoms with E-state index in [1.165, 1.54) is 12.8 Å². The molecule has 0 radical (unpaired) electrons. The van der Waals surface area contributed by atoms with Gasteiger partial charge >= 0.3 is 6.03 Å². The molecule has 1 aromatic carbocycles. The van der Waals surface area contributed by atoms with Crippen LogP contribution in [0.3, 0.4) is 0 Å². The van der Waals surface area contributed by atoms with Crippen LogP contribution >= 0.6 is 0 Å². The van der Waals surface area contributed by atoms with Crippen molar-refractivity contribution in [3.8, 4) is 5.75 Å². The number of aromatic nitrogens is 3. The summed E-state index contributed by atoms with van der Waals surface area (Å²) in [6.07, 6.45) is 3.18. The van der Waals surface area contributed by atoms with Crippen LogP contribution in [-0.4, -0.2) is 45.9 Å². The minimum Gasteiger partial charge on any atom is -0.497 e. The summed E-state index contributed by atoms with van der Waals surface area (Å²) in [4.78, 5) is 14.4. The number of hydrogen-bond donors (Lipinski definition) is 1. The van der Waals surface area contributed by atoms with Crippen LogP contribution in [-0.2, 0) is 19.5 Å². The van der Waals surface area contributed by atoms with Crippen LogP contribution in [0.1, 0.15) is 36.0 Å². The van der Waals surface area contributed by atoms with Crippen LogP contribution in [0.25, 0.3) is 0 Å². The molecule has 0 atom stereocenters.